The molecular formula is C25H23N3O3S. The summed E-state index contributed by atoms with van der Waals surface area (Å²) in [5.41, 5.74) is 5.35. The molecule has 0 bridgehead atoms. The van der Waals surface area contributed by atoms with Gasteiger partial charge in [0.05, 0.1) is 11.2 Å². The van der Waals surface area contributed by atoms with Gasteiger partial charge >= 0.3 is 5.69 Å². The van der Waals surface area contributed by atoms with Crippen molar-refractivity contribution in [2.24, 2.45) is 0 Å². The Bertz CT molecular complexity index is 1490. The molecule has 1 aliphatic carbocycles. The molecule has 0 radical (unpaired) electrons. The van der Waals surface area contributed by atoms with E-state index >= 15 is 0 Å². The van der Waals surface area contributed by atoms with Crippen LogP contribution in [0.5, 0.6) is 0 Å². The summed E-state index contributed by atoms with van der Waals surface area (Å²) in [6, 6.07) is 13.3. The number of hydrogen-bond donors (Lipinski definition) is 1. The summed E-state index contributed by atoms with van der Waals surface area (Å²) in [6.07, 6.45) is 3.24. The molecule has 1 N–H and O–H groups in total. The molecular weight excluding hydrogens is 422 g/mol. The first-order valence-corrected chi connectivity index (χ1v) is 11.5. The second-order valence-corrected chi connectivity index (χ2v) is 9.24. The highest BCUT2D eigenvalue weighted by atomic mass is 32.1. The maximum absolute atomic E-state index is 13.4. The van der Waals surface area contributed by atoms with E-state index in [0.29, 0.717) is 15.9 Å². The van der Waals surface area contributed by atoms with Crippen LogP contribution in [-0.4, -0.2) is 15.0 Å². The Morgan fingerprint density at radius 2 is 1.84 bits per heavy atom. The van der Waals surface area contributed by atoms with Gasteiger partial charge in [0.15, 0.2) is 0 Å². The molecule has 162 valence electrons. The molecule has 7 heteroatoms. The Morgan fingerprint density at radius 3 is 2.66 bits per heavy atom. The van der Waals surface area contributed by atoms with Crippen LogP contribution in [0.15, 0.2) is 57.4 Å². The van der Waals surface area contributed by atoms with E-state index < -0.39 is 5.69 Å². The maximum Gasteiger partial charge on any atom is 0.336 e. The summed E-state index contributed by atoms with van der Waals surface area (Å²) in [4.78, 5) is 39.5. The number of fused-ring (bicyclic) bond motifs is 2. The highest BCUT2D eigenvalue weighted by Crippen LogP contribution is 2.25. The summed E-state index contributed by atoms with van der Waals surface area (Å²) in [7, 11) is 0. The minimum absolute atomic E-state index is 0.172. The van der Waals surface area contributed by atoms with Crippen molar-refractivity contribution in [1.82, 2.24) is 9.13 Å². The third-order valence-corrected chi connectivity index (χ3v) is 6.92. The Labute approximate surface area is 188 Å². The van der Waals surface area contributed by atoms with E-state index in [4.69, 9.17) is 0 Å². The highest BCUT2D eigenvalue weighted by Gasteiger charge is 2.19. The minimum Gasteiger partial charge on any atom is -0.325 e. The van der Waals surface area contributed by atoms with Crippen LogP contribution < -0.4 is 16.6 Å². The van der Waals surface area contributed by atoms with Crippen LogP contribution in [0.2, 0.25) is 0 Å². The largest absolute Gasteiger partial charge is 0.336 e. The van der Waals surface area contributed by atoms with Crippen LogP contribution in [0.4, 0.5) is 5.69 Å². The summed E-state index contributed by atoms with van der Waals surface area (Å²) in [6.45, 7) is 3.66. The van der Waals surface area contributed by atoms with E-state index in [1.165, 1.54) is 31.6 Å². The van der Waals surface area contributed by atoms with Gasteiger partial charge in [-0.05, 0) is 79.4 Å². The number of aromatic nitrogens is 2. The number of nitrogens with one attached hydrogen (secondary N) is 1. The highest BCUT2D eigenvalue weighted by molar-refractivity contribution is 7.17. The smallest absolute Gasteiger partial charge is 0.325 e. The zero-order valence-corrected chi connectivity index (χ0v) is 18.8. The number of anilines is 1. The molecule has 4 aromatic rings. The number of thiophene rings is 1. The number of hydrogen-bond acceptors (Lipinski definition) is 4. The van der Waals surface area contributed by atoms with Gasteiger partial charge in [-0.3, -0.25) is 14.2 Å². The average molecular weight is 446 g/mol. The third kappa shape index (κ3) is 3.48. The van der Waals surface area contributed by atoms with Crippen molar-refractivity contribution < 1.29 is 4.79 Å². The van der Waals surface area contributed by atoms with Gasteiger partial charge in [-0.2, -0.15) is 0 Å². The van der Waals surface area contributed by atoms with Crippen molar-refractivity contribution in [1.29, 1.82) is 0 Å². The van der Waals surface area contributed by atoms with Crippen LogP contribution in [0.25, 0.3) is 15.9 Å². The summed E-state index contributed by atoms with van der Waals surface area (Å²) in [5, 5.41) is 4.68. The van der Waals surface area contributed by atoms with Crippen LogP contribution in [0, 0.1) is 13.8 Å². The van der Waals surface area contributed by atoms with E-state index in [1.807, 2.05) is 38.1 Å². The Balaban J connectivity index is 1.55. The van der Waals surface area contributed by atoms with Crippen molar-refractivity contribution in [2.45, 2.75) is 39.7 Å². The second-order valence-electron chi connectivity index (χ2n) is 8.32. The van der Waals surface area contributed by atoms with Gasteiger partial charge < -0.3 is 5.32 Å². The first kappa shape index (κ1) is 20.5. The summed E-state index contributed by atoms with van der Waals surface area (Å²) in [5.74, 6) is -0.302. The quantitative estimate of drug-likeness (QED) is 0.517. The number of benzene rings is 2. The lowest BCUT2D eigenvalue weighted by molar-refractivity contribution is -0.116. The zero-order valence-electron chi connectivity index (χ0n) is 18.0. The monoisotopic (exact) mass is 445 g/mol. The molecule has 0 saturated carbocycles. The van der Waals surface area contributed by atoms with E-state index in [9.17, 15) is 14.4 Å². The van der Waals surface area contributed by atoms with E-state index in [2.05, 4.69) is 11.4 Å². The molecule has 2 aromatic heterocycles. The third-order valence-electron chi connectivity index (χ3n) is 6.03. The Kier molecular flexibility index (Phi) is 5.06. The van der Waals surface area contributed by atoms with Gasteiger partial charge in [0.1, 0.15) is 11.2 Å². The summed E-state index contributed by atoms with van der Waals surface area (Å²) >= 11 is 1.27. The molecule has 2 aromatic carbocycles. The number of amides is 1. The molecule has 0 aliphatic heterocycles. The van der Waals surface area contributed by atoms with Crippen molar-refractivity contribution in [2.75, 3.05) is 5.32 Å². The van der Waals surface area contributed by atoms with E-state index in [-0.39, 0.29) is 18.0 Å². The van der Waals surface area contributed by atoms with Gasteiger partial charge in [0.25, 0.3) is 5.56 Å². The average Bonchev–Trinajstić information content (AvgIpc) is 3.42. The number of carbonyl (C=O) groups excluding carboxylic acids is 1. The van der Waals surface area contributed by atoms with Crippen molar-refractivity contribution in [3.8, 4) is 5.69 Å². The molecule has 0 unspecified atom stereocenters. The number of aryl methyl sites for hydroxylation is 4. The van der Waals surface area contributed by atoms with Gasteiger partial charge in [-0.1, -0.05) is 23.8 Å². The summed E-state index contributed by atoms with van der Waals surface area (Å²) < 4.78 is 3.01. The van der Waals surface area contributed by atoms with E-state index in [0.717, 1.165) is 36.1 Å². The fourth-order valence-electron chi connectivity index (χ4n) is 4.50. The number of carbonyl (C=O) groups is 1. The van der Waals surface area contributed by atoms with E-state index in [1.54, 1.807) is 17.5 Å². The van der Waals surface area contributed by atoms with Crippen LogP contribution >= 0.6 is 11.3 Å². The molecule has 0 saturated heterocycles. The van der Waals surface area contributed by atoms with Crippen LogP contribution in [0.3, 0.4) is 0 Å². The molecule has 2 heterocycles. The molecule has 32 heavy (non-hydrogen) atoms. The van der Waals surface area contributed by atoms with Crippen molar-refractivity contribution in [3.63, 3.8) is 0 Å². The van der Waals surface area contributed by atoms with Gasteiger partial charge in [0, 0.05) is 5.69 Å². The van der Waals surface area contributed by atoms with Gasteiger partial charge in [0.2, 0.25) is 5.91 Å². The molecule has 0 spiro atoms. The molecule has 0 atom stereocenters. The van der Waals surface area contributed by atoms with Crippen LogP contribution in [0.1, 0.15) is 28.7 Å². The predicted molar refractivity (Wildman–Crippen MR) is 128 cm³/mol. The molecule has 6 nitrogen and oxygen atoms in total. The van der Waals surface area contributed by atoms with Gasteiger partial charge in [-0.15, -0.1) is 11.3 Å². The SMILES string of the molecule is Cc1ccc(-n2c(=O)c3sccc3n(CC(=O)Nc3ccc4c(c3)CCC4)c2=O)c(C)c1. The minimum atomic E-state index is -0.517. The Hall–Kier alpha value is -3.45. The molecule has 0 fully saturated rings. The van der Waals surface area contributed by atoms with Crippen molar-refractivity contribution in [3.05, 3.63) is 90.9 Å². The lowest BCUT2D eigenvalue weighted by Gasteiger charge is -2.14. The topological polar surface area (TPSA) is 73.1 Å². The number of nitrogens with zero attached hydrogens (tertiary/aromatic N) is 2. The second kappa shape index (κ2) is 7.91. The maximum atomic E-state index is 13.4. The number of rotatable bonds is 4. The lowest BCUT2D eigenvalue weighted by Crippen LogP contribution is -2.40. The zero-order chi connectivity index (χ0) is 22.4. The lowest BCUT2D eigenvalue weighted by atomic mass is 10.1. The standard InChI is InChI=1S/C25H23N3O3S/c1-15-6-9-20(16(2)12-15)28-24(30)23-21(10-11-32-23)27(25(28)31)14-22(29)26-19-8-7-17-4-3-5-18(17)13-19/h6-13H,3-5,14H2,1-2H3,(H,26,29). The van der Waals surface area contributed by atoms with Gasteiger partial charge in [-0.25, -0.2) is 9.36 Å². The Morgan fingerprint density at radius 1 is 1.03 bits per heavy atom. The predicted octanol–water partition coefficient (Wildman–Crippen LogP) is 3.96. The fraction of sp³-hybridized carbons (Fsp3) is 0.240. The molecule has 5 rings (SSSR count). The normalized spacial score (nSPS) is 12.8. The first-order valence-electron chi connectivity index (χ1n) is 10.6. The molecule has 1 amide bonds. The first-order chi connectivity index (χ1) is 15.4. The van der Waals surface area contributed by atoms with Crippen LogP contribution in [-0.2, 0) is 24.2 Å². The molecule has 1 aliphatic rings. The fourth-order valence-corrected chi connectivity index (χ4v) is 5.33. The van der Waals surface area contributed by atoms with Crippen molar-refractivity contribution >= 4 is 33.1 Å².